The summed E-state index contributed by atoms with van der Waals surface area (Å²) in [5, 5.41) is 15.3. The van der Waals surface area contributed by atoms with E-state index in [0.29, 0.717) is 5.75 Å². The number of aromatic hydroxyl groups is 1. The second-order valence-corrected chi connectivity index (χ2v) is 8.88. The molecule has 3 aromatic carbocycles. The van der Waals surface area contributed by atoms with Gasteiger partial charge < -0.3 is 5.11 Å². The Balaban J connectivity index is 1.59. The van der Waals surface area contributed by atoms with Crippen LogP contribution < -0.4 is 5.56 Å². The van der Waals surface area contributed by atoms with Gasteiger partial charge in [0, 0.05) is 12.0 Å². The molecule has 5 rings (SSSR count). The van der Waals surface area contributed by atoms with Crippen molar-refractivity contribution in [2.75, 3.05) is 0 Å². The summed E-state index contributed by atoms with van der Waals surface area (Å²) in [6, 6.07) is 29.7. The highest BCUT2D eigenvalue weighted by atomic mass is 16.3. The number of fused-ring (bicyclic) bond motifs is 1. The molecule has 2 atom stereocenters. The lowest BCUT2D eigenvalue weighted by atomic mass is 9.79. The third-order valence-electron chi connectivity index (χ3n) is 6.90. The van der Waals surface area contributed by atoms with Gasteiger partial charge in [0.05, 0.1) is 17.7 Å². The maximum Gasteiger partial charge on any atom is 0.267 e. The van der Waals surface area contributed by atoms with Crippen molar-refractivity contribution < 1.29 is 5.11 Å². The summed E-state index contributed by atoms with van der Waals surface area (Å²) >= 11 is 0. The standard InChI is InChI=1S/C29H28N2O2/c1-20(23-14-8-16-25-24(23)15-9-17-27(25)32)31-28(33)19-18-26(30-31)29(21-10-4-2-5-11-21)22-12-6-3-7-13-22/h2-7,9-13,15,17-20,23,29,32H,8,14,16H2,1H3. The third kappa shape index (κ3) is 4.09. The number of phenolic OH excluding ortho intramolecular Hbond substituents is 1. The highest BCUT2D eigenvalue weighted by molar-refractivity contribution is 5.43. The smallest absolute Gasteiger partial charge is 0.267 e. The van der Waals surface area contributed by atoms with Crippen LogP contribution in [0.1, 0.15) is 65.6 Å². The second kappa shape index (κ2) is 9.07. The molecular formula is C29H28N2O2. The van der Waals surface area contributed by atoms with Crippen LogP contribution in [0.5, 0.6) is 5.75 Å². The van der Waals surface area contributed by atoms with Crippen LogP contribution in [-0.4, -0.2) is 14.9 Å². The first-order valence-corrected chi connectivity index (χ1v) is 11.6. The van der Waals surface area contributed by atoms with Crippen LogP contribution in [0.3, 0.4) is 0 Å². The van der Waals surface area contributed by atoms with Crippen molar-refractivity contribution in [3.8, 4) is 5.75 Å². The molecule has 0 aliphatic heterocycles. The van der Waals surface area contributed by atoms with E-state index in [9.17, 15) is 9.90 Å². The Morgan fingerprint density at radius 2 is 1.55 bits per heavy atom. The molecule has 4 heteroatoms. The maximum atomic E-state index is 13.0. The van der Waals surface area contributed by atoms with Crippen LogP contribution in [0.25, 0.3) is 0 Å². The van der Waals surface area contributed by atoms with Crippen LogP contribution in [-0.2, 0) is 6.42 Å². The van der Waals surface area contributed by atoms with Gasteiger partial charge in [0.2, 0.25) is 0 Å². The van der Waals surface area contributed by atoms with E-state index in [-0.39, 0.29) is 23.4 Å². The second-order valence-electron chi connectivity index (χ2n) is 8.88. The fourth-order valence-electron chi connectivity index (χ4n) is 5.25. The summed E-state index contributed by atoms with van der Waals surface area (Å²) in [6.45, 7) is 2.07. The summed E-state index contributed by atoms with van der Waals surface area (Å²) in [4.78, 5) is 13.0. The minimum absolute atomic E-state index is 0.0610. The normalized spacial score (nSPS) is 16.4. The highest BCUT2D eigenvalue weighted by Crippen LogP contribution is 2.41. The first-order chi connectivity index (χ1) is 16.1. The Morgan fingerprint density at radius 1 is 0.879 bits per heavy atom. The Kier molecular flexibility index (Phi) is 5.82. The van der Waals surface area contributed by atoms with E-state index in [0.717, 1.165) is 47.2 Å². The van der Waals surface area contributed by atoms with Crippen LogP contribution in [0.4, 0.5) is 0 Å². The van der Waals surface area contributed by atoms with Crippen LogP contribution in [0.15, 0.2) is 95.8 Å². The summed E-state index contributed by atoms with van der Waals surface area (Å²) in [6.07, 6.45) is 2.83. The lowest BCUT2D eigenvalue weighted by molar-refractivity contribution is 0.350. The topological polar surface area (TPSA) is 55.1 Å². The fraction of sp³-hybridized carbons (Fsp3) is 0.241. The summed E-state index contributed by atoms with van der Waals surface area (Å²) < 4.78 is 1.65. The van der Waals surface area contributed by atoms with E-state index in [1.807, 2.05) is 48.5 Å². The first kappa shape index (κ1) is 21.2. The van der Waals surface area contributed by atoms with E-state index < -0.39 is 0 Å². The number of nitrogens with zero attached hydrogens (tertiary/aromatic N) is 2. The minimum atomic E-state index is -0.120. The van der Waals surface area contributed by atoms with Gasteiger partial charge in [0.15, 0.2) is 0 Å². The molecule has 0 bridgehead atoms. The zero-order chi connectivity index (χ0) is 22.8. The molecule has 1 aliphatic carbocycles. The zero-order valence-corrected chi connectivity index (χ0v) is 18.8. The van der Waals surface area contributed by atoms with Crippen LogP contribution in [0.2, 0.25) is 0 Å². The monoisotopic (exact) mass is 436 g/mol. The Labute approximate surface area is 194 Å². The SMILES string of the molecule is CC(C1CCCc2c(O)cccc21)n1nc(C(c2ccccc2)c2ccccc2)ccc1=O. The molecule has 0 fully saturated rings. The number of phenols is 1. The molecule has 0 saturated heterocycles. The Morgan fingerprint density at radius 3 is 2.21 bits per heavy atom. The molecule has 0 spiro atoms. The maximum absolute atomic E-state index is 13.0. The van der Waals surface area contributed by atoms with Crippen molar-refractivity contribution in [3.63, 3.8) is 0 Å². The lowest BCUT2D eigenvalue weighted by Crippen LogP contribution is -2.31. The van der Waals surface area contributed by atoms with Gasteiger partial charge >= 0.3 is 0 Å². The summed E-state index contributed by atoms with van der Waals surface area (Å²) in [5.41, 5.74) is 5.18. The highest BCUT2D eigenvalue weighted by Gasteiger charge is 2.29. The van der Waals surface area contributed by atoms with E-state index in [1.165, 1.54) is 0 Å². The van der Waals surface area contributed by atoms with E-state index in [4.69, 9.17) is 5.10 Å². The van der Waals surface area contributed by atoms with Gasteiger partial charge in [-0.15, -0.1) is 0 Å². The van der Waals surface area contributed by atoms with Gasteiger partial charge in [0.1, 0.15) is 5.75 Å². The summed E-state index contributed by atoms with van der Waals surface area (Å²) in [7, 11) is 0. The van der Waals surface area contributed by atoms with Crippen molar-refractivity contribution in [3.05, 3.63) is 129 Å². The lowest BCUT2D eigenvalue weighted by Gasteiger charge is -2.31. The average Bonchev–Trinajstić information content (AvgIpc) is 2.86. The predicted octanol–water partition coefficient (Wildman–Crippen LogP) is 5.81. The minimum Gasteiger partial charge on any atom is -0.508 e. The van der Waals surface area contributed by atoms with E-state index in [1.54, 1.807) is 16.8 Å². The van der Waals surface area contributed by atoms with E-state index >= 15 is 0 Å². The summed E-state index contributed by atoms with van der Waals surface area (Å²) in [5.74, 6) is 0.425. The molecule has 1 aromatic heterocycles. The van der Waals surface area contributed by atoms with Crippen molar-refractivity contribution in [2.24, 2.45) is 0 Å². The molecule has 0 radical (unpaired) electrons. The van der Waals surface area contributed by atoms with Gasteiger partial charge in [-0.25, -0.2) is 4.68 Å². The quantitative estimate of drug-likeness (QED) is 0.429. The van der Waals surface area contributed by atoms with Gasteiger partial charge in [-0.3, -0.25) is 4.79 Å². The largest absolute Gasteiger partial charge is 0.508 e. The fourth-order valence-corrected chi connectivity index (χ4v) is 5.25. The van der Waals surface area contributed by atoms with Crippen LogP contribution in [0, 0.1) is 0 Å². The Bertz CT molecular complexity index is 1260. The number of hydrogen-bond donors (Lipinski definition) is 1. The molecular weight excluding hydrogens is 408 g/mol. The Hall–Kier alpha value is -3.66. The molecule has 1 N–H and O–H groups in total. The molecule has 2 unspecified atom stereocenters. The molecule has 1 heterocycles. The van der Waals surface area contributed by atoms with Crippen molar-refractivity contribution in [1.82, 2.24) is 9.78 Å². The molecule has 33 heavy (non-hydrogen) atoms. The molecule has 4 nitrogen and oxygen atoms in total. The van der Waals surface area contributed by atoms with Crippen LogP contribution >= 0.6 is 0 Å². The number of benzene rings is 3. The van der Waals surface area contributed by atoms with Crippen molar-refractivity contribution in [2.45, 2.75) is 44.1 Å². The molecule has 0 amide bonds. The molecule has 1 aliphatic rings. The average molecular weight is 437 g/mol. The van der Waals surface area contributed by atoms with Crippen molar-refractivity contribution in [1.29, 1.82) is 0 Å². The molecule has 4 aromatic rings. The molecule has 166 valence electrons. The predicted molar refractivity (Wildman–Crippen MR) is 131 cm³/mol. The van der Waals surface area contributed by atoms with Gasteiger partial charge in [-0.1, -0.05) is 72.8 Å². The molecule has 0 saturated carbocycles. The zero-order valence-electron chi connectivity index (χ0n) is 18.8. The number of hydrogen-bond acceptors (Lipinski definition) is 3. The van der Waals surface area contributed by atoms with Gasteiger partial charge in [-0.2, -0.15) is 5.10 Å². The number of rotatable bonds is 5. The third-order valence-corrected chi connectivity index (χ3v) is 6.90. The van der Waals surface area contributed by atoms with Gasteiger partial charge in [0.25, 0.3) is 5.56 Å². The van der Waals surface area contributed by atoms with Gasteiger partial charge in [-0.05, 0) is 60.6 Å². The van der Waals surface area contributed by atoms with E-state index in [2.05, 4.69) is 37.3 Å². The number of aromatic nitrogens is 2. The van der Waals surface area contributed by atoms with Crippen molar-refractivity contribution >= 4 is 0 Å². The first-order valence-electron chi connectivity index (χ1n) is 11.6.